The van der Waals surface area contributed by atoms with Gasteiger partial charge in [-0.15, -0.1) is 0 Å². The Bertz CT molecular complexity index is 1260. The first-order valence-corrected chi connectivity index (χ1v) is 9.61. The number of nitrogens with zero attached hydrogens (tertiary/aromatic N) is 5. The second-order valence-electron chi connectivity index (χ2n) is 6.84. The molecule has 0 saturated heterocycles. The van der Waals surface area contributed by atoms with Gasteiger partial charge in [-0.3, -0.25) is 0 Å². The lowest BCUT2D eigenvalue weighted by atomic mass is 10.1. The van der Waals surface area contributed by atoms with E-state index in [9.17, 15) is 9.18 Å². The minimum Gasteiger partial charge on any atom is -0.441 e. The molecule has 1 amide bonds. The van der Waals surface area contributed by atoms with Crippen LogP contribution >= 0.6 is 0 Å². The fourth-order valence-corrected chi connectivity index (χ4v) is 3.35. The normalized spacial score (nSPS) is 12.1. The van der Waals surface area contributed by atoms with Crippen LogP contribution in [0.1, 0.15) is 30.6 Å². The Hall–Kier alpha value is -4.08. The van der Waals surface area contributed by atoms with Crippen LogP contribution in [0.3, 0.4) is 0 Å². The summed E-state index contributed by atoms with van der Waals surface area (Å²) in [6, 6.07) is 10.1. The highest BCUT2D eigenvalue weighted by Gasteiger charge is 2.21. The number of hydrogen-bond acceptors (Lipinski definition) is 7. The van der Waals surface area contributed by atoms with Gasteiger partial charge in [-0.2, -0.15) is 5.10 Å². The van der Waals surface area contributed by atoms with Gasteiger partial charge in [-0.1, -0.05) is 25.1 Å². The summed E-state index contributed by atoms with van der Waals surface area (Å²) >= 11 is 0. The second kappa shape index (κ2) is 8.34. The maximum absolute atomic E-state index is 14.2. The van der Waals surface area contributed by atoms with Crippen molar-refractivity contribution in [1.82, 2.24) is 24.7 Å². The molecule has 0 aliphatic carbocycles. The van der Waals surface area contributed by atoms with Crippen LogP contribution in [0.5, 0.6) is 0 Å². The SMILES string of the molecule is CCC(OC(N)=O)c1cnc(-c2nn(Cc3ccccc3F)c3ncccc23)nc1N. The molecule has 9 nitrogen and oxygen atoms in total. The topological polar surface area (TPSA) is 135 Å². The number of ether oxygens (including phenoxy) is 1. The highest BCUT2D eigenvalue weighted by atomic mass is 19.1. The van der Waals surface area contributed by atoms with Gasteiger partial charge >= 0.3 is 6.09 Å². The lowest BCUT2D eigenvalue weighted by Crippen LogP contribution is -2.18. The summed E-state index contributed by atoms with van der Waals surface area (Å²) in [5.41, 5.74) is 13.2. The molecule has 4 aromatic rings. The number of amides is 1. The molecule has 0 bridgehead atoms. The van der Waals surface area contributed by atoms with E-state index in [-0.39, 0.29) is 24.0 Å². The van der Waals surface area contributed by atoms with Crippen molar-refractivity contribution in [2.75, 3.05) is 5.73 Å². The molecular formula is C21H20FN7O2. The van der Waals surface area contributed by atoms with Crippen molar-refractivity contribution < 1.29 is 13.9 Å². The fourth-order valence-electron chi connectivity index (χ4n) is 3.35. The Morgan fingerprint density at radius 2 is 2.03 bits per heavy atom. The predicted octanol–water partition coefficient (Wildman–Crippen LogP) is 3.20. The van der Waals surface area contributed by atoms with Crippen molar-refractivity contribution >= 4 is 22.9 Å². The van der Waals surface area contributed by atoms with Crippen LogP contribution in [0.4, 0.5) is 15.0 Å². The van der Waals surface area contributed by atoms with Gasteiger partial charge in [0.25, 0.3) is 0 Å². The van der Waals surface area contributed by atoms with Gasteiger partial charge < -0.3 is 16.2 Å². The quantitative estimate of drug-likeness (QED) is 0.488. The summed E-state index contributed by atoms with van der Waals surface area (Å²) in [4.78, 5) is 24.3. The zero-order valence-electron chi connectivity index (χ0n) is 16.7. The van der Waals surface area contributed by atoms with Crippen molar-refractivity contribution in [3.63, 3.8) is 0 Å². The van der Waals surface area contributed by atoms with E-state index in [4.69, 9.17) is 16.2 Å². The van der Waals surface area contributed by atoms with Crippen molar-refractivity contribution in [2.24, 2.45) is 5.73 Å². The number of fused-ring (bicyclic) bond motifs is 1. The molecule has 0 aliphatic rings. The monoisotopic (exact) mass is 421 g/mol. The first-order valence-electron chi connectivity index (χ1n) is 9.61. The summed E-state index contributed by atoms with van der Waals surface area (Å²) < 4.78 is 20.8. The molecule has 1 unspecified atom stereocenters. The van der Waals surface area contributed by atoms with Crippen molar-refractivity contribution in [2.45, 2.75) is 26.0 Å². The minimum atomic E-state index is -0.903. The molecule has 0 radical (unpaired) electrons. The molecule has 4 rings (SSSR count). The van der Waals surface area contributed by atoms with Gasteiger partial charge in [-0.25, -0.2) is 28.8 Å². The van der Waals surface area contributed by atoms with Crippen molar-refractivity contribution in [3.8, 4) is 11.5 Å². The number of aromatic nitrogens is 5. The van der Waals surface area contributed by atoms with E-state index in [0.29, 0.717) is 34.3 Å². The van der Waals surface area contributed by atoms with E-state index in [2.05, 4.69) is 20.1 Å². The van der Waals surface area contributed by atoms with Gasteiger partial charge in [0.05, 0.1) is 17.5 Å². The number of nitrogen functional groups attached to an aromatic ring is 1. The number of benzene rings is 1. The molecular weight excluding hydrogens is 401 g/mol. The van der Waals surface area contributed by atoms with E-state index in [1.165, 1.54) is 12.3 Å². The molecule has 1 atom stereocenters. The van der Waals surface area contributed by atoms with Gasteiger partial charge in [0.2, 0.25) is 0 Å². The molecule has 10 heteroatoms. The van der Waals surface area contributed by atoms with Crippen LogP contribution in [0.25, 0.3) is 22.6 Å². The summed E-state index contributed by atoms with van der Waals surface area (Å²) in [5.74, 6) is 0.104. The number of halogens is 1. The van der Waals surface area contributed by atoms with Crippen LogP contribution in [0.15, 0.2) is 48.8 Å². The third kappa shape index (κ3) is 4.00. The third-order valence-electron chi connectivity index (χ3n) is 4.82. The Kier molecular flexibility index (Phi) is 5.44. The average Bonchev–Trinajstić information content (AvgIpc) is 3.12. The van der Waals surface area contributed by atoms with Crippen LogP contribution in [0, 0.1) is 5.82 Å². The van der Waals surface area contributed by atoms with Crippen LogP contribution in [-0.2, 0) is 11.3 Å². The first kappa shape index (κ1) is 20.2. The number of pyridine rings is 1. The Morgan fingerprint density at radius 3 is 2.74 bits per heavy atom. The molecule has 3 aromatic heterocycles. The number of hydrogen-bond donors (Lipinski definition) is 2. The third-order valence-corrected chi connectivity index (χ3v) is 4.82. The second-order valence-corrected chi connectivity index (χ2v) is 6.84. The average molecular weight is 421 g/mol. The van der Waals surface area contributed by atoms with Crippen LogP contribution < -0.4 is 11.5 Å². The molecule has 0 aliphatic heterocycles. The molecule has 3 heterocycles. The molecule has 158 valence electrons. The number of carbonyl (C=O) groups excluding carboxylic acids is 1. The molecule has 1 aromatic carbocycles. The maximum atomic E-state index is 14.2. The summed E-state index contributed by atoms with van der Waals surface area (Å²) in [7, 11) is 0. The summed E-state index contributed by atoms with van der Waals surface area (Å²) in [6.45, 7) is 2.02. The van der Waals surface area contributed by atoms with Crippen molar-refractivity contribution in [1.29, 1.82) is 0 Å². The number of anilines is 1. The van der Waals surface area contributed by atoms with Crippen LogP contribution in [-0.4, -0.2) is 30.8 Å². The van der Waals surface area contributed by atoms with Crippen LogP contribution in [0.2, 0.25) is 0 Å². The molecule has 0 fully saturated rings. The Labute approximate surface area is 176 Å². The number of primary amides is 1. The van der Waals surface area contributed by atoms with E-state index in [0.717, 1.165) is 0 Å². The lowest BCUT2D eigenvalue weighted by Gasteiger charge is -2.16. The highest BCUT2D eigenvalue weighted by molar-refractivity contribution is 5.89. The van der Waals surface area contributed by atoms with E-state index in [1.807, 2.05) is 13.0 Å². The standard InChI is InChI=1S/C21H20FN7O2/c1-2-16(31-21(24)30)14-10-26-19(27-18(14)23)17-13-7-5-9-25-20(13)29(28-17)11-12-6-3-4-8-15(12)22/h3-10,16H,2,11H2,1H3,(H2,24,30)(H2,23,26,27). The van der Waals surface area contributed by atoms with E-state index >= 15 is 0 Å². The lowest BCUT2D eigenvalue weighted by molar-refractivity contribution is 0.104. The Balaban J connectivity index is 1.76. The molecule has 31 heavy (non-hydrogen) atoms. The van der Waals surface area contributed by atoms with Crippen molar-refractivity contribution in [3.05, 3.63) is 65.7 Å². The van der Waals surface area contributed by atoms with Gasteiger partial charge in [0, 0.05) is 18.0 Å². The Morgan fingerprint density at radius 1 is 1.23 bits per heavy atom. The molecule has 0 spiro atoms. The number of nitrogens with two attached hydrogens (primary N) is 2. The zero-order chi connectivity index (χ0) is 22.0. The van der Waals surface area contributed by atoms with E-state index < -0.39 is 12.2 Å². The number of carbonyl (C=O) groups is 1. The largest absolute Gasteiger partial charge is 0.441 e. The predicted molar refractivity (Wildman–Crippen MR) is 112 cm³/mol. The zero-order valence-corrected chi connectivity index (χ0v) is 16.7. The number of rotatable bonds is 6. The minimum absolute atomic E-state index is 0.152. The fraction of sp³-hybridized carbons (Fsp3) is 0.190. The highest BCUT2D eigenvalue weighted by Crippen LogP contribution is 2.29. The van der Waals surface area contributed by atoms with E-state index in [1.54, 1.807) is 35.1 Å². The maximum Gasteiger partial charge on any atom is 0.405 e. The first-order chi connectivity index (χ1) is 15.0. The molecule has 0 saturated carbocycles. The molecule has 4 N–H and O–H groups in total. The van der Waals surface area contributed by atoms with Gasteiger partial charge in [0.1, 0.15) is 23.4 Å². The van der Waals surface area contributed by atoms with Gasteiger partial charge in [-0.05, 0) is 24.6 Å². The van der Waals surface area contributed by atoms with Gasteiger partial charge in [0.15, 0.2) is 11.5 Å². The smallest absolute Gasteiger partial charge is 0.405 e. The summed E-state index contributed by atoms with van der Waals surface area (Å²) in [5, 5.41) is 5.28. The summed E-state index contributed by atoms with van der Waals surface area (Å²) in [6.07, 6.45) is 2.03.